The number of rotatable bonds is 7. The molecule has 27 heavy (non-hydrogen) atoms. The number of hydrogen-bond donors (Lipinski definition) is 0. The summed E-state index contributed by atoms with van der Waals surface area (Å²) in [5.41, 5.74) is 4.64. The minimum absolute atomic E-state index is 0.836. The lowest BCUT2D eigenvalue weighted by Crippen LogP contribution is -2.00. The minimum atomic E-state index is 0.836. The molecule has 0 amide bonds. The zero-order valence-corrected chi connectivity index (χ0v) is 16.8. The van der Waals surface area contributed by atoms with Crippen molar-refractivity contribution in [2.24, 2.45) is 0 Å². The summed E-state index contributed by atoms with van der Waals surface area (Å²) in [5.74, 6) is 0.958. The molecule has 0 atom stereocenters. The zero-order valence-electron chi connectivity index (χ0n) is 15.2. The summed E-state index contributed by atoms with van der Waals surface area (Å²) in [7, 11) is 0. The molecule has 136 valence electrons. The van der Waals surface area contributed by atoms with E-state index < -0.39 is 0 Å². The van der Waals surface area contributed by atoms with Crippen LogP contribution < -0.4 is 0 Å². The summed E-state index contributed by atoms with van der Waals surface area (Å²) in [5, 5.41) is 0. The Hall–Kier alpha value is -2.46. The molecule has 2 aromatic rings. The van der Waals surface area contributed by atoms with Gasteiger partial charge in [-0.3, -0.25) is 0 Å². The van der Waals surface area contributed by atoms with Crippen LogP contribution in [0, 0.1) is 0 Å². The number of pyridine rings is 1. The van der Waals surface area contributed by atoms with E-state index in [-0.39, 0.29) is 0 Å². The maximum atomic E-state index is 4.73. The Morgan fingerprint density at radius 3 is 2.30 bits per heavy atom. The van der Waals surface area contributed by atoms with E-state index in [9.17, 15) is 0 Å². The van der Waals surface area contributed by atoms with Crippen LogP contribution in [0.5, 0.6) is 0 Å². The van der Waals surface area contributed by atoms with E-state index in [1.165, 1.54) is 17.5 Å². The highest BCUT2D eigenvalue weighted by Gasteiger charge is 2.11. The summed E-state index contributed by atoms with van der Waals surface area (Å²) in [6, 6.07) is 21.1. The first-order valence-corrected chi connectivity index (χ1v) is 10.2. The predicted octanol–water partition coefficient (Wildman–Crippen LogP) is 5.76. The minimum Gasteiger partial charge on any atom is -0.348 e. The maximum Gasteiger partial charge on any atom is 0.129 e. The van der Waals surface area contributed by atoms with Crippen LogP contribution in [0.3, 0.4) is 0 Å². The number of hydrogen-bond acceptors (Lipinski definition) is 2. The lowest BCUT2D eigenvalue weighted by molar-refractivity contribution is 0.714. The fraction of sp³-hybridized carbons (Fsp3) is 0.217. The number of aromatic nitrogens is 3. The molecule has 0 aliphatic carbocycles. The van der Waals surface area contributed by atoms with Crippen LogP contribution in [0.25, 0.3) is 11.4 Å². The molecule has 0 bridgehead atoms. The molecule has 2 aliphatic rings. The van der Waals surface area contributed by atoms with Crippen molar-refractivity contribution >= 4 is 15.9 Å². The lowest BCUT2D eigenvalue weighted by Gasteiger charge is -2.08. The van der Waals surface area contributed by atoms with Gasteiger partial charge in [0.1, 0.15) is 11.5 Å². The topological polar surface area (TPSA) is 30.7 Å². The van der Waals surface area contributed by atoms with Crippen LogP contribution >= 0.6 is 15.9 Å². The van der Waals surface area contributed by atoms with Crippen molar-refractivity contribution in [1.29, 1.82) is 0 Å². The fourth-order valence-corrected chi connectivity index (χ4v) is 3.53. The third-order valence-corrected chi connectivity index (χ3v) is 5.24. The van der Waals surface area contributed by atoms with Gasteiger partial charge in [-0.15, -0.1) is 0 Å². The molecule has 2 aromatic carbocycles. The molecule has 0 fully saturated rings. The van der Waals surface area contributed by atoms with Gasteiger partial charge in [0.2, 0.25) is 0 Å². The molecule has 0 aromatic heterocycles. The van der Waals surface area contributed by atoms with Crippen molar-refractivity contribution in [2.75, 3.05) is 0 Å². The van der Waals surface area contributed by atoms with Gasteiger partial charge in [0, 0.05) is 29.8 Å². The van der Waals surface area contributed by atoms with Crippen LogP contribution in [0.2, 0.25) is 0 Å². The highest BCUT2D eigenvalue weighted by Crippen LogP contribution is 2.20. The van der Waals surface area contributed by atoms with Gasteiger partial charge >= 0.3 is 0 Å². The Morgan fingerprint density at radius 2 is 1.48 bits per heavy atom. The molecule has 0 radical (unpaired) electrons. The first-order chi connectivity index (χ1) is 13.3. The predicted molar refractivity (Wildman–Crippen MR) is 113 cm³/mol. The largest absolute Gasteiger partial charge is 0.348 e. The fourth-order valence-electron chi connectivity index (χ4n) is 3.27. The summed E-state index contributed by atoms with van der Waals surface area (Å²) in [6.07, 6.45) is 8.52. The highest BCUT2D eigenvalue weighted by molar-refractivity contribution is 9.10. The normalized spacial score (nSPS) is 11.1. The molecule has 4 heteroatoms. The van der Waals surface area contributed by atoms with Gasteiger partial charge in [-0.05, 0) is 48.6 Å². The lowest BCUT2D eigenvalue weighted by atomic mass is 10.1. The summed E-state index contributed by atoms with van der Waals surface area (Å²) < 4.78 is 3.27. The Morgan fingerprint density at radius 1 is 0.741 bits per heavy atom. The van der Waals surface area contributed by atoms with Crippen LogP contribution in [-0.2, 0) is 19.4 Å². The average molecular weight is 420 g/mol. The molecule has 3 nitrogen and oxygen atoms in total. The standard InChI is InChI=1S/C23H22BrN3/c24-20-12-10-19(11-13-20)16-27-15-14-21-22(17-27)26-23(25-21)9-5-4-8-18-6-2-1-3-7-18/h1-3,6-7,10-15,17H,4-5,8-9,16H2. The van der Waals surface area contributed by atoms with Gasteiger partial charge in [-0.2, -0.15) is 0 Å². The first-order valence-electron chi connectivity index (χ1n) is 9.37. The van der Waals surface area contributed by atoms with Crippen LogP contribution in [-0.4, -0.2) is 14.5 Å². The molecule has 0 saturated heterocycles. The van der Waals surface area contributed by atoms with E-state index in [2.05, 4.69) is 98.5 Å². The Kier molecular flexibility index (Phi) is 5.64. The third kappa shape index (κ3) is 4.83. The van der Waals surface area contributed by atoms with Crippen molar-refractivity contribution < 1.29 is 0 Å². The number of halogens is 1. The second kappa shape index (κ2) is 8.49. The second-order valence-corrected chi connectivity index (χ2v) is 7.76. The molecule has 0 spiro atoms. The second-order valence-electron chi connectivity index (χ2n) is 6.85. The molecule has 0 saturated carbocycles. The zero-order chi connectivity index (χ0) is 18.5. The quantitative estimate of drug-likeness (QED) is 0.356. The molecule has 4 rings (SSSR count). The monoisotopic (exact) mass is 419 g/mol. The first kappa shape index (κ1) is 17.9. The van der Waals surface area contributed by atoms with E-state index in [1.54, 1.807) is 0 Å². The molecule has 0 N–H and O–H groups in total. The molecular formula is C23H22BrN3. The van der Waals surface area contributed by atoms with Crippen molar-refractivity contribution in [1.82, 2.24) is 14.5 Å². The van der Waals surface area contributed by atoms with Crippen molar-refractivity contribution in [3.05, 3.63) is 94.5 Å². The maximum absolute atomic E-state index is 4.73. The van der Waals surface area contributed by atoms with Gasteiger partial charge in [-0.1, -0.05) is 58.4 Å². The van der Waals surface area contributed by atoms with Crippen LogP contribution in [0.1, 0.15) is 29.8 Å². The summed E-state index contributed by atoms with van der Waals surface area (Å²) >= 11 is 3.48. The summed E-state index contributed by atoms with van der Waals surface area (Å²) in [6.45, 7) is 0.836. The number of unbranched alkanes of at least 4 members (excludes halogenated alkanes) is 1. The van der Waals surface area contributed by atoms with Crippen LogP contribution in [0.15, 0.2) is 77.5 Å². The number of aryl methyl sites for hydroxylation is 2. The van der Waals surface area contributed by atoms with Gasteiger partial charge in [0.25, 0.3) is 0 Å². The van der Waals surface area contributed by atoms with E-state index >= 15 is 0 Å². The molecule has 0 unspecified atom stereocenters. The van der Waals surface area contributed by atoms with E-state index in [1.807, 2.05) is 0 Å². The van der Waals surface area contributed by atoms with Gasteiger partial charge in [0.05, 0.1) is 5.69 Å². The highest BCUT2D eigenvalue weighted by atomic mass is 79.9. The summed E-state index contributed by atoms with van der Waals surface area (Å²) in [4.78, 5) is 9.42. The van der Waals surface area contributed by atoms with E-state index in [0.29, 0.717) is 0 Å². The number of fused-ring (bicyclic) bond motifs is 1. The van der Waals surface area contributed by atoms with Gasteiger partial charge < -0.3 is 4.57 Å². The third-order valence-electron chi connectivity index (χ3n) is 4.71. The number of nitrogens with zero attached hydrogens (tertiary/aromatic N) is 3. The Labute approximate surface area is 168 Å². The van der Waals surface area contributed by atoms with Gasteiger partial charge in [0.15, 0.2) is 0 Å². The Bertz CT molecular complexity index is 961. The van der Waals surface area contributed by atoms with Crippen molar-refractivity contribution in [3.63, 3.8) is 0 Å². The molecular weight excluding hydrogens is 398 g/mol. The average Bonchev–Trinajstić information content (AvgIpc) is 3.10. The van der Waals surface area contributed by atoms with Gasteiger partial charge in [-0.25, -0.2) is 9.97 Å². The van der Waals surface area contributed by atoms with E-state index in [4.69, 9.17) is 4.98 Å². The van der Waals surface area contributed by atoms with E-state index in [0.717, 1.165) is 47.5 Å². The number of benzene rings is 2. The van der Waals surface area contributed by atoms with Crippen molar-refractivity contribution in [2.45, 2.75) is 32.2 Å². The SMILES string of the molecule is Brc1ccc(Cn2ccc3nc(CCCCc4ccccc4)nc-3c2)cc1. The van der Waals surface area contributed by atoms with Crippen molar-refractivity contribution in [3.8, 4) is 11.4 Å². The number of imidazole rings is 1. The smallest absolute Gasteiger partial charge is 0.129 e. The molecule has 2 aliphatic heterocycles. The van der Waals surface area contributed by atoms with Crippen LogP contribution in [0.4, 0.5) is 0 Å². The Balaban J connectivity index is 1.36. The molecule has 2 heterocycles.